The van der Waals surface area contributed by atoms with E-state index in [0.29, 0.717) is 8.95 Å². The first kappa shape index (κ1) is 11.5. The number of hydrogen-bond donors (Lipinski definition) is 0. The van der Waals surface area contributed by atoms with Crippen LogP contribution in [0.1, 0.15) is 5.56 Å². The lowest BCUT2D eigenvalue weighted by Gasteiger charge is -2.04. The second-order valence-electron chi connectivity index (χ2n) is 2.50. The van der Waals surface area contributed by atoms with Crippen molar-refractivity contribution >= 4 is 51.6 Å². The van der Waals surface area contributed by atoms with Gasteiger partial charge in [-0.3, -0.25) is 0 Å². The van der Waals surface area contributed by atoms with Gasteiger partial charge in [-0.1, -0.05) is 0 Å². The first-order chi connectivity index (χ1) is 5.82. The maximum atomic E-state index is 11.1. The lowest BCUT2D eigenvalue weighted by Crippen LogP contribution is -1.94. The van der Waals surface area contributed by atoms with Crippen molar-refractivity contribution in [1.29, 1.82) is 0 Å². The van der Waals surface area contributed by atoms with Gasteiger partial charge >= 0.3 is 0 Å². The zero-order chi connectivity index (χ0) is 10.2. The SMILES string of the molecule is Cc1cc(Br)c(S(=O)(=O)Cl)c(Br)c1. The molecular weight excluding hydrogens is 343 g/mol. The fourth-order valence-electron chi connectivity index (χ4n) is 0.920. The third-order valence-corrected chi connectivity index (χ3v) is 4.55. The Morgan fingerprint density at radius 2 is 1.62 bits per heavy atom. The Morgan fingerprint density at radius 1 is 1.23 bits per heavy atom. The van der Waals surface area contributed by atoms with Crippen molar-refractivity contribution in [1.82, 2.24) is 0 Å². The normalized spacial score (nSPS) is 11.7. The molecule has 0 N–H and O–H groups in total. The molecule has 0 saturated heterocycles. The molecule has 2 nitrogen and oxygen atoms in total. The van der Waals surface area contributed by atoms with Crippen LogP contribution in [-0.4, -0.2) is 8.42 Å². The van der Waals surface area contributed by atoms with Gasteiger partial charge in [0.2, 0.25) is 0 Å². The van der Waals surface area contributed by atoms with Gasteiger partial charge in [0.1, 0.15) is 4.90 Å². The largest absolute Gasteiger partial charge is 0.263 e. The second-order valence-corrected chi connectivity index (χ2v) is 6.71. The molecule has 0 aliphatic rings. The number of benzene rings is 1. The van der Waals surface area contributed by atoms with Crippen molar-refractivity contribution in [2.45, 2.75) is 11.8 Å². The van der Waals surface area contributed by atoms with Gasteiger partial charge in [0.25, 0.3) is 9.05 Å². The number of halogens is 3. The number of hydrogen-bond acceptors (Lipinski definition) is 2. The molecule has 13 heavy (non-hydrogen) atoms. The van der Waals surface area contributed by atoms with Crippen LogP contribution in [0.4, 0.5) is 0 Å². The average molecular weight is 348 g/mol. The van der Waals surface area contributed by atoms with Crippen molar-refractivity contribution in [3.63, 3.8) is 0 Å². The predicted molar refractivity (Wildman–Crippen MR) is 59.6 cm³/mol. The molecule has 0 unspecified atom stereocenters. The van der Waals surface area contributed by atoms with E-state index in [1.54, 1.807) is 12.1 Å². The van der Waals surface area contributed by atoms with E-state index < -0.39 is 9.05 Å². The van der Waals surface area contributed by atoms with E-state index >= 15 is 0 Å². The van der Waals surface area contributed by atoms with Crippen molar-refractivity contribution in [3.05, 3.63) is 26.6 Å². The highest BCUT2D eigenvalue weighted by Gasteiger charge is 2.18. The molecule has 0 bridgehead atoms. The smallest absolute Gasteiger partial charge is 0.207 e. The molecular formula is C7H5Br2ClO2S. The van der Waals surface area contributed by atoms with Gasteiger partial charge < -0.3 is 0 Å². The molecule has 0 radical (unpaired) electrons. The van der Waals surface area contributed by atoms with Crippen molar-refractivity contribution < 1.29 is 8.42 Å². The van der Waals surface area contributed by atoms with Crippen LogP contribution in [0.2, 0.25) is 0 Å². The quantitative estimate of drug-likeness (QED) is 0.729. The molecule has 0 aliphatic heterocycles. The van der Waals surface area contributed by atoms with E-state index in [-0.39, 0.29) is 4.90 Å². The minimum absolute atomic E-state index is 0.0692. The number of rotatable bonds is 1. The monoisotopic (exact) mass is 346 g/mol. The molecule has 0 atom stereocenters. The van der Waals surface area contributed by atoms with E-state index in [4.69, 9.17) is 10.7 Å². The summed E-state index contributed by atoms with van der Waals surface area (Å²) in [6.45, 7) is 1.86. The van der Waals surface area contributed by atoms with E-state index in [1.165, 1.54) is 0 Å². The average Bonchev–Trinajstić information content (AvgIpc) is 1.78. The lowest BCUT2D eigenvalue weighted by molar-refractivity contribution is 0.608. The van der Waals surface area contributed by atoms with Crippen LogP contribution in [0.15, 0.2) is 26.0 Å². The molecule has 1 aromatic rings. The molecule has 0 heterocycles. The summed E-state index contributed by atoms with van der Waals surface area (Å²) in [4.78, 5) is 0.0692. The minimum atomic E-state index is -3.70. The van der Waals surface area contributed by atoms with E-state index in [0.717, 1.165) is 5.56 Å². The van der Waals surface area contributed by atoms with Gasteiger partial charge in [-0.2, -0.15) is 0 Å². The van der Waals surface area contributed by atoms with E-state index in [2.05, 4.69) is 31.9 Å². The second kappa shape index (κ2) is 3.88. The van der Waals surface area contributed by atoms with Crippen LogP contribution in [-0.2, 0) is 9.05 Å². The van der Waals surface area contributed by atoms with E-state index in [1.807, 2.05) is 6.92 Å². The maximum absolute atomic E-state index is 11.1. The summed E-state index contributed by atoms with van der Waals surface area (Å²) >= 11 is 6.28. The Kier molecular flexibility index (Phi) is 3.43. The Hall–Kier alpha value is 0.420. The van der Waals surface area contributed by atoms with Gasteiger partial charge in [0.05, 0.1) is 0 Å². The molecule has 1 rings (SSSR count). The Labute approximate surface area is 98.0 Å². The molecule has 0 fully saturated rings. The van der Waals surface area contributed by atoms with Crippen LogP contribution in [0.25, 0.3) is 0 Å². The standard InChI is InChI=1S/C7H5Br2ClO2S/c1-4-2-5(8)7(6(9)3-4)13(10,11)12/h2-3H,1H3. The summed E-state index contributed by atoms with van der Waals surface area (Å²) in [6.07, 6.45) is 0. The van der Waals surface area contributed by atoms with Gasteiger partial charge in [0, 0.05) is 19.6 Å². The molecule has 0 saturated carbocycles. The van der Waals surface area contributed by atoms with Crippen LogP contribution in [0.5, 0.6) is 0 Å². The van der Waals surface area contributed by atoms with Gasteiger partial charge in [-0.05, 0) is 56.5 Å². The van der Waals surface area contributed by atoms with Gasteiger partial charge in [-0.25, -0.2) is 8.42 Å². The number of aryl methyl sites for hydroxylation is 1. The highest BCUT2D eigenvalue weighted by atomic mass is 79.9. The van der Waals surface area contributed by atoms with Crippen molar-refractivity contribution in [2.24, 2.45) is 0 Å². The van der Waals surface area contributed by atoms with Crippen LogP contribution >= 0.6 is 42.5 Å². The molecule has 6 heteroatoms. The molecule has 0 amide bonds. The van der Waals surface area contributed by atoms with Crippen LogP contribution in [0.3, 0.4) is 0 Å². The van der Waals surface area contributed by atoms with Gasteiger partial charge in [-0.15, -0.1) is 0 Å². The molecule has 0 aliphatic carbocycles. The zero-order valence-corrected chi connectivity index (χ0v) is 11.3. The summed E-state index contributed by atoms with van der Waals surface area (Å²) in [5, 5.41) is 0. The van der Waals surface area contributed by atoms with Gasteiger partial charge in [0.15, 0.2) is 0 Å². The first-order valence-corrected chi connectivity index (χ1v) is 7.12. The highest BCUT2D eigenvalue weighted by Crippen LogP contribution is 2.33. The maximum Gasteiger partial charge on any atom is 0.263 e. The predicted octanol–water partition coefficient (Wildman–Crippen LogP) is 3.45. The molecule has 0 spiro atoms. The van der Waals surface area contributed by atoms with E-state index in [9.17, 15) is 8.42 Å². The van der Waals surface area contributed by atoms with Crippen molar-refractivity contribution in [3.8, 4) is 0 Å². The van der Waals surface area contributed by atoms with Crippen LogP contribution in [0, 0.1) is 6.92 Å². The summed E-state index contributed by atoms with van der Waals surface area (Å²) in [5.41, 5.74) is 0.947. The minimum Gasteiger partial charge on any atom is -0.207 e. The lowest BCUT2D eigenvalue weighted by atomic mass is 10.2. The Bertz CT molecular complexity index is 419. The summed E-state index contributed by atoms with van der Waals surface area (Å²) in [6, 6.07) is 3.39. The first-order valence-electron chi connectivity index (χ1n) is 3.22. The summed E-state index contributed by atoms with van der Waals surface area (Å²) in [5.74, 6) is 0. The molecule has 0 aromatic heterocycles. The third-order valence-electron chi connectivity index (χ3n) is 1.39. The summed E-state index contributed by atoms with van der Waals surface area (Å²) in [7, 11) is 1.53. The van der Waals surface area contributed by atoms with Crippen molar-refractivity contribution in [2.75, 3.05) is 0 Å². The Morgan fingerprint density at radius 3 is 1.92 bits per heavy atom. The molecule has 72 valence electrons. The topological polar surface area (TPSA) is 34.1 Å². The zero-order valence-electron chi connectivity index (χ0n) is 6.51. The highest BCUT2D eigenvalue weighted by molar-refractivity contribution is 9.11. The Balaban J connectivity index is 3.57. The fourth-order valence-corrected chi connectivity index (χ4v) is 5.26. The third kappa shape index (κ3) is 2.68. The van der Waals surface area contributed by atoms with Crippen LogP contribution < -0.4 is 0 Å². The fraction of sp³-hybridized carbons (Fsp3) is 0.143. The molecule has 1 aromatic carbocycles. The summed E-state index contributed by atoms with van der Waals surface area (Å²) < 4.78 is 23.1.